The van der Waals surface area contributed by atoms with Crippen molar-refractivity contribution in [3.05, 3.63) is 0 Å². The Labute approximate surface area is 95.9 Å². The van der Waals surface area contributed by atoms with Gasteiger partial charge in [-0.2, -0.15) is 0 Å². The Morgan fingerprint density at radius 1 is 1.31 bits per heavy atom. The second-order valence-corrected chi connectivity index (χ2v) is 7.29. The van der Waals surface area contributed by atoms with Gasteiger partial charge in [-0.3, -0.25) is 0 Å². The molecule has 2 fully saturated rings. The average Bonchev–Trinajstić information content (AvgIpc) is 2.46. The van der Waals surface area contributed by atoms with E-state index in [0.29, 0.717) is 19.4 Å². The highest BCUT2D eigenvalue weighted by molar-refractivity contribution is 7.93. The predicted molar refractivity (Wildman–Crippen MR) is 59.8 cm³/mol. The van der Waals surface area contributed by atoms with Crippen molar-refractivity contribution in [3.8, 4) is 0 Å². The van der Waals surface area contributed by atoms with Crippen molar-refractivity contribution in [1.82, 2.24) is 0 Å². The minimum atomic E-state index is -2.93. The van der Waals surface area contributed by atoms with E-state index in [2.05, 4.69) is 0 Å². The smallest absolute Gasteiger partial charge is 0.156 e. The van der Waals surface area contributed by atoms with Crippen LogP contribution in [-0.2, 0) is 14.6 Å². The molecular weight excluding hydrogens is 230 g/mol. The van der Waals surface area contributed by atoms with E-state index in [-0.39, 0.29) is 23.7 Å². The Bertz CT molecular complexity index is 334. The van der Waals surface area contributed by atoms with Crippen LogP contribution in [0, 0.1) is 0 Å². The van der Waals surface area contributed by atoms with E-state index in [4.69, 9.17) is 15.6 Å². The Hall–Kier alpha value is -0.170. The van der Waals surface area contributed by atoms with Crippen LogP contribution in [0.5, 0.6) is 0 Å². The molecule has 2 aliphatic rings. The number of sulfone groups is 1. The quantitative estimate of drug-likeness (QED) is 0.696. The summed E-state index contributed by atoms with van der Waals surface area (Å²) in [6.45, 7) is 0.510. The molecule has 2 atom stereocenters. The SMILES string of the molecule is NCC1(OCCO)CC2CCC(C1)S2(=O)=O. The molecule has 0 aromatic carbocycles. The summed E-state index contributed by atoms with van der Waals surface area (Å²) in [5.74, 6) is 0. The van der Waals surface area contributed by atoms with Crippen LogP contribution in [0.3, 0.4) is 0 Å². The van der Waals surface area contributed by atoms with Crippen LogP contribution in [-0.4, -0.2) is 49.4 Å². The predicted octanol–water partition coefficient (Wildman–Crippen LogP) is -0.568. The Morgan fingerprint density at radius 3 is 2.31 bits per heavy atom. The van der Waals surface area contributed by atoms with Gasteiger partial charge >= 0.3 is 0 Å². The third kappa shape index (κ3) is 1.88. The van der Waals surface area contributed by atoms with Crippen molar-refractivity contribution in [2.45, 2.75) is 41.8 Å². The van der Waals surface area contributed by atoms with Crippen molar-refractivity contribution >= 4 is 9.84 Å². The normalized spacial score (nSPS) is 41.1. The molecular formula is C10H19NO4S. The molecule has 0 aromatic heterocycles. The summed E-state index contributed by atoms with van der Waals surface area (Å²) in [6, 6.07) is 0. The van der Waals surface area contributed by atoms with E-state index in [1.807, 2.05) is 0 Å². The summed E-state index contributed by atoms with van der Waals surface area (Å²) in [4.78, 5) is 0. The summed E-state index contributed by atoms with van der Waals surface area (Å²) in [6.07, 6.45) is 2.44. The topological polar surface area (TPSA) is 89.6 Å². The molecule has 0 aliphatic carbocycles. The van der Waals surface area contributed by atoms with Crippen LogP contribution >= 0.6 is 0 Å². The van der Waals surface area contributed by atoms with E-state index < -0.39 is 15.4 Å². The zero-order chi connectivity index (χ0) is 11.8. The molecule has 16 heavy (non-hydrogen) atoms. The Kier molecular flexibility index (Phi) is 3.27. The molecule has 2 unspecified atom stereocenters. The lowest BCUT2D eigenvalue weighted by Crippen LogP contribution is -2.51. The molecule has 94 valence electrons. The third-order valence-corrected chi connectivity index (χ3v) is 6.47. The molecule has 2 bridgehead atoms. The van der Waals surface area contributed by atoms with E-state index in [1.165, 1.54) is 0 Å². The standard InChI is InChI=1S/C10H19NO4S/c11-7-10(15-4-3-12)5-8-1-2-9(6-10)16(8,13)14/h8-9,12H,1-7,11H2. The number of ether oxygens (including phenoxy) is 1. The summed E-state index contributed by atoms with van der Waals surface area (Å²) in [5.41, 5.74) is 5.19. The molecule has 0 radical (unpaired) electrons. The summed E-state index contributed by atoms with van der Waals surface area (Å²) >= 11 is 0. The molecule has 2 saturated heterocycles. The summed E-state index contributed by atoms with van der Waals surface area (Å²) in [7, 11) is -2.93. The number of aliphatic hydroxyl groups excluding tert-OH is 1. The van der Waals surface area contributed by atoms with E-state index in [9.17, 15) is 8.42 Å². The van der Waals surface area contributed by atoms with Crippen molar-refractivity contribution in [2.24, 2.45) is 5.73 Å². The maximum Gasteiger partial charge on any atom is 0.156 e. The minimum Gasteiger partial charge on any atom is -0.394 e. The van der Waals surface area contributed by atoms with Gasteiger partial charge in [0, 0.05) is 6.54 Å². The molecule has 6 heteroatoms. The van der Waals surface area contributed by atoms with E-state index in [0.717, 1.165) is 12.8 Å². The first-order valence-electron chi connectivity index (χ1n) is 5.72. The van der Waals surface area contributed by atoms with Gasteiger partial charge in [-0.1, -0.05) is 0 Å². The maximum absolute atomic E-state index is 11.9. The van der Waals surface area contributed by atoms with Crippen molar-refractivity contribution in [3.63, 3.8) is 0 Å². The lowest BCUT2D eigenvalue weighted by atomic mass is 9.93. The average molecular weight is 249 g/mol. The second kappa shape index (κ2) is 4.25. The zero-order valence-corrected chi connectivity index (χ0v) is 10.1. The van der Waals surface area contributed by atoms with Crippen LogP contribution in [0.1, 0.15) is 25.7 Å². The fraction of sp³-hybridized carbons (Fsp3) is 1.00. The fourth-order valence-electron chi connectivity index (χ4n) is 2.93. The van der Waals surface area contributed by atoms with Crippen LogP contribution in [0.4, 0.5) is 0 Å². The molecule has 5 nitrogen and oxygen atoms in total. The number of nitrogens with two attached hydrogens (primary N) is 1. The molecule has 2 rings (SSSR count). The first-order chi connectivity index (χ1) is 7.54. The summed E-state index contributed by atoms with van der Waals surface area (Å²) < 4.78 is 29.4. The maximum atomic E-state index is 11.9. The highest BCUT2D eigenvalue weighted by Crippen LogP contribution is 2.44. The van der Waals surface area contributed by atoms with Crippen LogP contribution in [0.15, 0.2) is 0 Å². The number of rotatable bonds is 4. The summed E-state index contributed by atoms with van der Waals surface area (Å²) in [5, 5.41) is 8.21. The Morgan fingerprint density at radius 2 is 1.88 bits per heavy atom. The van der Waals surface area contributed by atoms with Gasteiger partial charge in [0.2, 0.25) is 0 Å². The molecule has 2 aliphatic heterocycles. The van der Waals surface area contributed by atoms with Crippen molar-refractivity contribution in [1.29, 1.82) is 0 Å². The minimum absolute atomic E-state index is 0.0518. The van der Waals surface area contributed by atoms with E-state index in [1.54, 1.807) is 0 Å². The van der Waals surface area contributed by atoms with Crippen LogP contribution < -0.4 is 5.73 Å². The highest BCUT2D eigenvalue weighted by atomic mass is 32.2. The van der Waals surface area contributed by atoms with Gasteiger partial charge in [-0.15, -0.1) is 0 Å². The van der Waals surface area contributed by atoms with Gasteiger partial charge in [0.05, 0.1) is 29.3 Å². The van der Waals surface area contributed by atoms with E-state index >= 15 is 0 Å². The van der Waals surface area contributed by atoms with Crippen LogP contribution in [0.2, 0.25) is 0 Å². The molecule has 3 N–H and O–H groups in total. The van der Waals surface area contributed by atoms with Gasteiger partial charge in [0.15, 0.2) is 9.84 Å². The molecule has 0 saturated carbocycles. The Balaban J connectivity index is 2.16. The fourth-order valence-corrected chi connectivity index (χ4v) is 5.47. The third-order valence-electron chi connectivity index (χ3n) is 3.81. The van der Waals surface area contributed by atoms with Gasteiger partial charge in [0.25, 0.3) is 0 Å². The number of aliphatic hydroxyl groups is 1. The monoisotopic (exact) mass is 249 g/mol. The first kappa shape index (κ1) is 12.3. The lowest BCUT2D eigenvalue weighted by Gasteiger charge is -2.39. The molecule has 0 amide bonds. The molecule has 0 spiro atoms. The largest absolute Gasteiger partial charge is 0.394 e. The van der Waals surface area contributed by atoms with Gasteiger partial charge in [-0.25, -0.2) is 8.42 Å². The van der Waals surface area contributed by atoms with Gasteiger partial charge < -0.3 is 15.6 Å². The van der Waals surface area contributed by atoms with Crippen LogP contribution in [0.25, 0.3) is 0 Å². The van der Waals surface area contributed by atoms with Crippen molar-refractivity contribution < 1.29 is 18.3 Å². The molecule has 0 aromatic rings. The highest BCUT2D eigenvalue weighted by Gasteiger charge is 2.53. The second-order valence-electron chi connectivity index (χ2n) is 4.78. The zero-order valence-electron chi connectivity index (χ0n) is 9.26. The molecule has 2 heterocycles. The van der Waals surface area contributed by atoms with Gasteiger partial charge in [-0.05, 0) is 25.7 Å². The lowest BCUT2D eigenvalue weighted by molar-refractivity contribution is -0.0631. The number of hydrogen-bond donors (Lipinski definition) is 2. The number of hydrogen-bond acceptors (Lipinski definition) is 5. The van der Waals surface area contributed by atoms with Crippen molar-refractivity contribution in [2.75, 3.05) is 19.8 Å². The number of fused-ring (bicyclic) bond motifs is 2. The van der Waals surface area contributed by atoms with Gasteiger partial charge in [0.1, 0.15) is 0 Å². The first-order valence-corrected chi connectivity index (χ1v) is 7.33.